The molecule has 2 aromatic carbocycles. The van der Waals surface area contributed by atoms with Crippen LogP contribution in [0.2, 0.25) is 5.02 Å². The van der Waals surface area contributed by atoms with Gasteiger partial charge in [0.25, 0.3) is 0 Å². The van der Waals surface area contributed by atoms with Crippen LogP contribution in [0.5, 0.6) is 11.5 Å². The Morgan fingerprint density at radius 3 is 2.70 bits per heavy atom. The van der Waals surface area contributed by atoms with Crippen LogP contribution in [0.3, 0.4) is 0 Å². The largest absolute Gasteiger partial charge is 0.449 e. The average molecular weight is 337 g/mol. The molecule has 0 aliphatic heterocycles. The van der Waals surface area contributed by atoms with Crippen LogP contribution in [-0.4, -0.2) is 22.7 Å². The number of nitrogens with one attached hydrogen (secondary N) is 1. The lowest BCUT2D eigenvalue weighted by Crippen LogP contribution is -2.23. The minimum atomic E-state index is -0.496. The normalized spacial score (nSPS) is 12.0. The van der Waals surface area contributed by atoms with E-state index < -0.39 is 11.0 Å². The summed E-state index contributed by atoms with van der Waals surface area (Å²) >= 11 is 6.01. The fourth-order valence-corrected chi connectivity index (χ4v) is 2.15. The van der Waals surface area contributed by atoms with Gasteiger partial charge >= 0.3 is 5.69 Å². The molecule has 0 heterocycles. The van der Waals surface area contributed by atoms with Crippen molar-refractivity contribution >= 4 is 17.3 Å². The van der Waals surface area contributed by atoms with Crippen molar-refractivity contribution in [1.29, 1.82) is 0 Å². The van der Waals surface area contributed by atoms with Gasteiger partial charge in [0, 0.05) is 19.2 Å². The molecule has 0 saturated carbocycles. The number of rotatable bonds is 7. The quantitative estimate of drug-likeness (QED) is 0.597. The minimum Gasteiger partial charge on any atom is -0.449 e. The highest BCUT2D eigenvalue weighted by atomic mass is 35.5. The van der Waals surface area contributed by atoms with E-state index in [0.717, 1.165) is 5.56 Å². The Hall–Kier alpha value is -2.15. The molecule has 1 atom stereocenters. The maximum atomic E-state index is 11.3. The minimum absolute atomic E-state index is 0.127. The highest BCUT2D eigenvalue weighted by Gasteiger charge is 2.17. The molecule has 0 saturated heterocycles. The number of halogens is 1. The Morgan fingerprint density at radius 2 is 2.04 bits per heavy atom. The van der Waals surface area contributed by atoms with E-state index >= 15 is 0 Å². The van der Waals surface area contributed by atoms with Crippen LogP contribution in [0.4, 0.5) is 5.69 Å². The molecule has 2 aromatic rings. The molecule has 122 valence electrons. The molecule has 0 aromatic heterocycles. The first kappa shape index (κ1) is 17.2. The van der Waals surface area contributed by atoms with Crippen LogP contribution in [0, 0.1) is 10.1 Å². The molecule has 0 aliphatic carbocycles. The lowest BCUT2D eigenvalue weighted by molar-refractivity contribution is -0.385. The Labute approximate surface area is 138 Å². The second-order valence-corrected chi connectivity index (χ2v) is 5.48. The van der Waals surface area contributed by atoms with E-state index in [1.54, 1.807) is 43.3 Å². The molecule has 0 amide bonds. The third-order valence-electron chi connectivity index (χ3n) is 3.05. The van der Waals surface area contributed by atoms with Crippen molar-refractivity contribution < 1.29 is 14.8 Å². The van der Waals surface area contributed by atoms with E-state index in [1.807, 2.05) is 0 Å². The second kappa shape index (κ2) is 7.92. The SMILES string of the molecule is CC(O)CNCc1ccc(Oc2ccccc2Cl)c([N+](=O)[O-])c1. The Kier molecular flexibility index (Phi) is 5.92. The molecular formula is C16H17ClN2O4. The first-order valence-electron chi connectivity index (χ1n) is 7.06. The summed E-state index contributed by atoms with van der Waals surface area (Å²) in [5, 5.41) is 23.9. The van der Waals surface area contributed by atoms with Gasteiger partial charge in [-0.3, -0.25) is 10.1 Å². The number of para-hydroxylation sites is 1. The predicted octanol–water partition coefficient (Wildman–Crippen LogP) is 3.51. The van der Waals surface area contributed by atoms with E-state index in [0.29, 0.717) is 23.9 Å². The molecule has 0 bridgehead atoms. The van der Waals surface area contributed by atoms with Crippen molar-refractivity contribution in [2.45, 2.75) is 19.6 Å². The highest BCUT2D eigenvalue weighted by Crippen LogP contribution is 2.35. The standard InChI is InChI=1S/C16H17ClN2O4/c1-11(20)9-18-10-12-6-7-16(14(8-12)19(21)22)23-15-5-3-2-4-13(15)17/h2-8,11,18,20H,9-10H2,1H3. The first-order valence-corrected chi connectivity index (χ1v) is 7.43. The zero-order chi connectivity index (χ0) is 16.8. The van der Waals surface area contributed by atoms with Crippen molar-refractivity contribution in [3.63, 3.8) is 0 Å². The maximum Gasteiger partial charge on any atom is 0.311 e. The van der Waals surface area contributed by atoms with Gasteiger partial charge in [0.15, 0.2) is 0 Å². The summed E-state index contributed by atoms with van der Waals surface area (Å²) in [6, 6.07) is 11.5. The molecule has 2 N–H and O–H groups in total. The van der Waals surface area contributed by atoms with Gasteiger partial charge < -0.3 is 15.2 Å². The summed E-state index contributed by atoms with van der Waals surface area (Å²) < 4.78 is 5.57. The molecule has 0 spiro atoms. The summed E-state index contributed by atoms with van der Waals surface area (Å²) in [6.45, 7) is 2.49. The number of aliphatic hydroxyl groups excluding tert-OH is 1. The zero-order valence-electron chi connectivity index (χ0n) is 12.5. The molecule has 7 heteroatoms. The number of nitro groups is 1. The van der Waals surface area contributed by atoms with E-state index in [4.69, 9.17) is 16.3 Å². The third kappa shape index (κ3) is 4.92. The predicted molar refractivity (Wildman–Crippen MR) is 88.0 cm³/mol. The fourth-order valence-electron chi connectivity index (χ4n) is 1.97. The van der Waals surface area contributed by atoms with Crippen LogP contribution in [0.15, 0.2) is 42.5 Å². The lowest BCUT2D eigenvalue weighted by Gasteiger charge is -2.10. The summed E-state index contributed by atoms with van der Waals surface area (Å²) in [5.41, 5.74) is 0.588. The summed E-state index contributed by atoms with van der Waals surface area (Å²) in [5.74, 6) is 0.486. The lowest BCUT2D eigenvalue weighted by atomic mass is 10.2. The van der Waals surface area contributed by atoms with Gasteiger partial charge in [-0.05, 0) is 30.7 Å². The monoisotopic (exact) mass is 336 g/mol. The average Bonchev–Trinajstić information content (AvgIpc) is 2.50. The number of hydrogen-bond acceptors (Lipinski definition) is 5. The van der Waals surface area contributed by atoms with Crippen molar-refractivity contribution in [1.82, 2.24) is 5.32 Å². The van der Waals surface area contributed by atoms with Gasteiger partial charge in [-0.1, -0.05) is 29.8 Å². The van der Waals surface area contributed by atoms with E-state index in [-0.39, 0.29) is 11.4 Å². The van der Waals surface area contributed by atoms with Crippen molar-refractivity contribution in [2.24, 2.45) is 0 Å². The summed E-state index contributed by atoms with van der Waals surface area (Å²) in [4.78, 5) is 10.8. The van der Waals surface area contributed by atoms with E-state index in [9.17, 15) is 15.2 Å². The van der Waals surface area contributed by atoms with Crippen molar-refractivity contribution in [3.8, 4) is 11.5 Å². The number of nitro benzene ring substituents is 1. The van der Waals surface area contributed by atoms with E-state index in [2.05, 4.69) is 5.32 Å². The molecule has 1 unspecified atom stereocenters. The van der Waals surface area contributed by atoms with Crippen LogP contribution in [-0.2, 0) is 6.54 Å². The molecule has 0 radical (unpaired) electrons. The third-order valence-corrected chi connectivity index (χ3v) is 3.36. The van der Waals surface area contributed by atoms with Crippen molar-refractivity contribution in [3.05, 3.63) is 63.2 Å². The Morgan fingerprint density at radius 1 is 1.30 bits per heavy atom. The van der Waals surface area contributed by atoms with Gasteiger partial charge in [0.1, 0.15) is 5.75 Å². The number of nitrogens with zero attached hydrogens (tertiary/aromatic N) is 1. The van der Waals surface area contributed by atoms with Gasteiger partial charge in [0.2, 0.25) is 5.75 Å². The summed E-state index contributed by atoms with van der Waals surface area (Å²) in [6.07, 6.45) is -0.479. The second-order valence-electron chi connectivity index (χ2n) is 5.07. The molecule has 0 aliphatic rings. The Bertz CT molecular complexity index is 692. The Balaban J connectivity index is 2.20. The molecule has 23 heavy (non-hydrogen) atoms. The number of aliphatic hydroxyl groups is 1. The van der Waals surface area contributed by atoms with Gasteiger partial charge in [-0.2, -0.15) is 0 Å². The zero-order valence-corrected chi connectivity index (χ0v) is 13.3. The van der Waals surface area contributed by atoms with Gasteiger partial charge in [-0.25, -0.2) is 0 Å². The molecular weight excluding hydrogens is 320 g/mol. The van der Waals surface area contributed by atoms with Crippen molar-refractivity contribution in [2.75, 3.05) is 6.54 Å². The molecule has 0 fully saturated rings. The molecule has 2 rings (SSSR count). The maximum absolute atomic E-state index is 11.3. The first-order chi connectivity index (χ1) is 11.0. The van der Waals surface area contributed by atoms with Gasteiger partial charge in [0.05, 0.1) is 16.0 Å². The van der Waals surface area contributed by atoms with Crippen LogP contribution < -0.4 is 10.1 Å². The smallest absolute Gasteiger partial charge is 0.311 e. The van der Waals surface area contributed by atoms with Crippen LogP contribution in [0.25, 0.3) is 0 Å². The van der Waals surface area contributed by atoms with Crippen LogP contribution >= 0.6 is 11.6 Å². The van der Waals surface area contributed by atoms with Gasteiger partial charge in [-0.15, -0.1) is 0 Å². The topological polar surface area (TPSA) is 84.6 Å². The summed E-state index contributed by atoms with van der Waals surface area (Å²) in [7, 11) is 0. The molecule has 6 nitrogen and oxygen atoms in total. The highest BCUT2D eigenvalue weighted by molar-refractivity contribution is 6.32. The van der Waals surface area contributed by atoms with Crippen LogP contribution in [0.1, 0.15) is 12.5 Å². The fraction of sp³-hybridized carbons (Fsp3) is 0.250. The number of hydrogen-bond donors (Lipinski definition) is 2. The van der Waals surface area contributed by atoms with E-state index in [1.165, 1.54) is 6.07 Å². The number of ether oxygens (including phenoxy) is 1. The number of benzene rings is 2.